The van der Waals surface area contributed by atoms with Crippen molar-refractivity contribution in [3.63, 3.8) is 0 Å². The summed E-state index contributed by atoms with van der Waals surface area (Å²) in [6.07, 6.45) is 0. The Bertz CT molecular complexity index is 1310. The van der Waals surface area contributed by atoms with E-state index >= 15 is 0 Å². The maximum Gasteiger partial charge on any atom is 0.160 e. The quantitative estimate of drug-likeness (QED) is 0.422. The van der Waals surface area contributed by atoms with Gasteiger partial charge in [-0.3, -0.25) is 0 Å². The Morgan fingerprint density at radius 2 is 1.67 bits per heavy atom. The van der Waals surface area contributed by atoms with Gasteiger partial charge in [0.15, 0.2) is 5.65 Å². The molecule has 0 aliphatic carbocycles. The Morgan fingerprint density at radius 3 is 2.48 bits per heavy atom. The number of methoxy groups -OCH3 is 1. The van der Waals surface area contributed by atoms with E-state index in [1.807, 2.05) is 60.7 Å². The van der Waals surface area contributed by atoms with Gasteiger partial charge in [0, 0.05) is 16.0 Å². The number of hydrogen-bond acceptors (Lipinski definition) is 3. The van der Waals surface area contributed by atoms with Gasteiger partial charge in [-0.05, 0) is 36.4 Å². The van der Waals surface area contributed by atoms with Crippen LogP contribution in [0.25, 0.3) is 33.1 Å². The van der Waals surface area contributed by atoms with Crippen molar-refractivity contribution < 1.29 is 4.74 Å². The smallest absolute Gasteiger partial charge is 0.160 e. The molecule has 0 unspecified atom stereocenters. The van der Waals surface area contributed by atoms with Crippen LogP contribution in [0.4, 0.5) is 0 Å². The second-order valence-corrected chi connectivity index (χ2v) is 6.88. The minimum atomic E-state index is 0.638. The number of para-hydroxylation sites is 3. The maximum atomic E-state index is 6.28. The first kappa shape index (κ1) is 16.1. The normalized spacial score (nSPS) is 11.5. The molecule has 4 nitrogen and oxygen atoms in total. The zero-order valence-corrected chi connectivity index (χ0v) is 15.4. The van der Waals surface area contributed by atoms with Crippen LogP contribution in [0.3, 0.4) is 0 Å². The SMILES string of the molecule is COc1ccccc1Cn1c2ccc(Cl)cc2c2nc3ccccc3nc21. The predicted octanol–water partition coefficient (Wildman–Crippen LogP) is 5.45. The molecule has 0 N–H and O–H groups in total. The summed E-state index contributed by atoms with van der Waals surface area (Å²) in [5.41, 5.74) is 5.60. The van der Waals surface area contributed by atoms with E-state index in [-0.39, 0.29) is 0 Å². The standard InChI is InChI=1S/C22H16ClN3O/c1-27-20-9-5-2-6-14(20)13-26-19-11-10-15(23)12-16(19)21-22(26)25-18-8-4-3-7-17(18)24-21/h2-12H,13H2,1H3. The van der Waals surface area contributed by atoms with Gasteiger partial charge < -0.3 is 9.30 Å². The Labute approximate surface area is 161 Å². The second-order valence-electron chi connectivity index (χ2n) is 6.44. The third-order valence-corrected chi connectivity index (χ3v) is 5.07. The Kier molecular flexibility index (Phi) is 3.73. The molecule has 5 aromatic rings. The van der Waals surface area contributed by atoms with Crippen LogP contribution in [-0.4, -0.2) is 21.6 Å². The lowest BCUT2D eigenvalue weighted by Gasteiger charge is -2.11. The molecule has 2 aromatic heterocycles. The van der Waals surface area contributed by atoms with Gasteiger partial charge in [0.25, 0.3) is 0 Å². The zero-order chi connectivity index (χ0) is 18.4. The van der Waals surface area contributed by atoms with Crippen molar-refractivity contribution in [3.05, 3.63) is 77.3 Å². The third-order valence-electron chi connectivity index (χ3n) is 4.83. The fourth-order valence-electron chi connectivity index (χ4n) is 3.57. The van der Waals surface area contributed by atoms with E-state index in [0.29, 0.717) is 11.6 Å². The molecule has 0 radical (unpaired) electrons. The van der Waals surface area contributed by atoms with E-state index in [4.69, 9.17) is 26.3 Å². The van der Waals surface area contributed by atoms with Crippen molar-refractivity contribution in [1.29, 1.82) is 0 Å². The summed E-state index contributed by atoms with van der Waals surface area (Å²) in [6, 6.07) is 21.9. The van der Waals surface area contributed by atoms with Crippen LogP contribution in [0.15, 0.2) is 66.7 Å². The lowest BCUT2D eigenvalue weighted by Crippen LogP contribution is -2.03. The molecule has 2 heterocycles. The number of nitrogens with zero attached hydrogens (tertiary/aromatic N) is 3. The second kappa shape index (κ2) is 6.25. The average Bonchev–Trinajstić information content (AvgIpc) is 2.99. The molecular formula is C22H16ClN3O. The van der Waals surface area contributed by atoms with Gasteiger partial charge >= 0.3 is 0 Å². The molecule has 3 aromatic carbocycles. The summed E-state index contributed by atoms with van der Waals surface area (Å²) in [7, 11) is 1.69. The van der Waals surface area contributed by atoms with Crippen molar-refractivity contribution in [1.82, 2.24) is 14.5 Å². The number of fused-ring (bicyclic) bond motifs is 4. The summed E-state index contributed by atoms with van der Waals surface area (Å²) in [5, 5.41) is 1.69. The summed E-state index contributed by atoms with van der Waals surface area (Å²) in [6.45, 7) is 0.638. The van der Waals surface area contributed by atoms with Gasteiger partial charge in [-0.2, -0.15) is 0 Å². The number of halogens is 1. The third kappa shape index (κ3) is 2.61. The molecule has 0 aliphatic rings. The highest BCUT2D eigenvalue weighted by atomic mass is 35.5. The highest BCUT2D eigenvalue weighted by molar-refractivity contribution is 6.31. The number of aromatic nitrogens is 3. The van der Waals surface area contributed by atoms with Crippen molar-refractivity contribution in [2.45, 2.75) is 6.54 Å². The zero-order valence-electron chi connectivity index (χ0n) is 14.7. The summed E-state index contributed by atoms with van der Waals surface area (Å²) in [4.78, 5) is 9.79. The molecule has 0 fully saturated rings. The van der Waals surface area contributed by atoms with Crippen LogP contribution < -0.4 is 4.74 Å². The first-order chi connectivity index (χ1) is 13.2. The van der Waals surface area contributed by atoms with E-state index in [1.165, 1.54) is 0 Å². The first-order valence-corrected chi connectivity index (χ1v) is 9.08. The fraction of sp³-hybridized carbons (Fsp3) is 0.0909. The highest BCUT2D eigenvalue weighted by Crippen LogP contribution is 2.32. The Balaban J connectivity index is 1.84. The lowest BCUT2D eigenvalue weighted by atomic mass is 10.2. The van der Waals surface area contributed by atoms with Crippen molar-refractivity contribution in [3.8, 4) is 5.75 Å². The van der Waals surface area contributed by atoms with E-state index in [1.54, 1.807) is 7.11 Å². The summed E-state index contributed by atoms with van der Waals surface area (Å²) in [5.74, 6) is 0.857. The summed E-state index contributed by atoms with van der Waals surface area (Å²) >= 11 is 6.28. The number of hydrogen-bond donors (Lipinski definition) is 0. The molecule has 27 heavy (non-hydrogen) atoms. The molecule has 0 bridgehead atoms. The molecule has 0 saturated carbocycles. The average molecular weight is 374 g/mol. The van der Waals surface area contributed by atoms with Gasteiger partial charge in [-0.15, -0.1) is 0 Å². The van der Waals surface area contributed by atoms with E-state index in [2.05, 4.69) is 10.6 Å². The highest BCUT2D eigenvalue weighted by Gasteiger charge is 2.16. The topological polar surface area (TPSA) is 39.9 Å². The van der Waals surface area contributed by atoms with Crippen molar-refractivity contribution in [2.24, 2.45) is 0 Å². The van der Waals surface area contributed by atoms with Crippen LogP contribution in [0.2, 0.25) is 5.02 Å². The monoisotopic (exact) mass is 373 g/mol. The van der Waals surface area contributed by atoms with Gasteiger partial charge in [0.1, 0.15) is 11.3 Å². The lowest BCUT2D eigenvalue weighted by molar-refractivity contribution is 0.409. The Hall–Kier alpha value is -3.11. The predicted molar refractivity (Wildman–Crippen MR) is 110 cm³/mol. The van der Waals surface area contributed by atoms with Gasteiger partial charge in [-0.25, -0.2) is 9.97 Å². The largest absolute Gasteiger partial charge is 0.496 e. The summed E-state index contributed by atoms with van der Waals surface area (Å²) < 4.78 is 7.72. The van der Waals surface area contributed by atoms with Gasteiger partial charge in [-0.1, -0.05) is 41.9 Å². The minimum absolute atomic E-state index is 0.638. The molecule has 0 spiro atoms. The molecule has 5 heteroatoms. The maximum absolute atomic E-state index is 6.28. The molecule has 0 amide bonds. The van der Waals surface area contributed by atoms with Crippen LogP contribution in [0.5, 0.6) is 5.75 Å². The van der Waals surface area contributed by atoms with Crippen molar-refractivity contribution in [2.75, 3.05) is 7.11 Å². The number of ether oxygens (including phenoxy) is 1. The van der Waals surface area contributed by atoms with E-state index < -0.39 is 0 Å². The van der Waals surface area contributed by atoms with Crippen LogP contribution in [0, 0.1) is 0 Å². The first-order valence-electron chi connectivity index (χ1n) is 8.71. The van der Waals surface area contributed by atoms with Crippen LogP contribution in [0.1, 0.15) is 5.56 Å². The molecule has 0 atom stereocenters. The van der Waals surface area contributed by atoms with Crippen LogP contribution in [-0.2, 0) is 6.54 Å². The fourth-order valence-corrected chi connectivity index (χ4v) is 3.74. The minimum Gasteiger partial charge on any atom is -0.496 e. The number of rotatable bonds is 3. The molecule has 5 rings (SSSR count). The molecular weight excluding hydrogens is 358 g/mol. The Morgan fingerprint density at radius 1 is 0.926 bits per heavy atom. The van der Waals surface area contributed by atoms with Gasteiger partial charge in [0.2, 0.25) is 0 Å². The number of benzene rings is 3. The molecule has 0 aliphatic heterocycles. The molecule has 0 saturated heterocycles. The van der Waals surface area contributed by atoms with E-state index in [9.17, 15) is 0 Å². The molecule has 132 valence electrons. The van der Waals surface area contributed by atoms with Gasteiger partial charge in [0.05, 0.1) is 30.2 Å². The van der Waals surface area contributed by atoms with Crippen LogP contribution >= 0.6 is 11.6 Å². The van der Waals surface area contributed by atoms with E-state index in [0.717, 1.165) is 44.4 Å². The van der Waals surface area contributed by atoms with Crippen molar-refractivity contribution >= 4 is 44.7 Å².